The number of carbonyl (C=O) groups is 2. The highest BCUT2D eigenvalue weighted by atomic mass is 16.2. The Morgan fingerprint density at radius 1 is 1.13 bits per heavy atom. The van der Waals surface area contributed by atoms with Crippen molar-refractivity contribution in [2.24, 2.45) is 0 Å². The lowest BCUT2D eigenvalue weighted by atomic mass is 9.89. The van der Waals surface area contributed by atoms with Gasteiger partial charge in [0, 0.05) is 11.8 Å². The highest BCUT2D eigenvalue weighted by Gasteiger charge is 2.16. The van der Waals surface area contributed by atoms with Gasteiger partial charge in [-0.15, -0.1) is 0 Å². The Balaban J connectivity index is 1.71. The maximum Gasteiger partial charge on any atom is 0.268 e. The third kappa shape index (κ3) is 3.36. The zero-order chi connectivity index (χ0) is 16.4. The van der Waals surface area contributed by atoms with Gasteiger partial charge in [-0.05, 0) is 62.3 Å². The summed E-state index contributed by atoms with van der Waals surface area (Å²) in [5, 5.41) is 2.99. The van der Waals surface area contributed by atoms with Crippen molar-refractivity contribution in [2.75, 3.05) is 0 Å². The van der Waals surface area contributed by atoms with Crippen molar-refractivity contribution < 1.29 is 9.59 Å². The fourth-order valence-electron chi connectivity index (χ4n) is 3.11. The Morgan fingerprint density at radius 2 is 1.87 bits per heavy atom. The Labute approximate surface area is 136 Å². The first-order valence-corrected chi connectivity index (χ1v) is 8.16. The molecule has 0 fully saturated rings. The SMILES string of the molecule is CC(=O)c1c[nH]c(C(=O)N[C@@H](C)c2ccc3c(c2)CCCC3)c1. The van der Waals surface area contributed by atoms with E-state index < -0.39 is 0 Å². The van der Waals surface area contributed by atoms with Gasteiger partial charge in [-0.1, -0.05) is 18.2 Å². The van der Waals surface area contributed by atoms with Crippen LogP contribution in [0.1, 0.15) is 70.3 Å². The van der Waals surface area contributed by atoms with Gasteiger partial charge >= 0.3 is 0 Å². The van der Waals surface area contributed by atoms with Crippen LogP contribution in [-0.4, -0.2) is 16.7 Å². The molecular weight excluding hydrogens is 288 g/mol. The van der Waals surface area contributed by atoms with E-state index in [1.807, 2.05) is 6.92 Å². The molecule has 1 aromatic heterocycles. The summed E-state index contributed by atoms with van der Waals surface area (Å²) in [4.78, 5) is 26.5. The second-order valence-electron chi connectivity index (χ2n) is 6.29. The minimum absolute atomic E-state index is 0.0527. The average Bonchev–Trinajstić information content (AvgIpc) is 3.04. The second kappa shape index (κ2) is 6.41. The molecule has 4 nitrogen and oxygen atoms in total. The zero-order valence-corrected chi connectivity index (χ0v) is 13.6. The maximum absolute atomic E-state index is 12.3. The van der Waals surface area contributed by atoms with E-state index in [2.05, 4.69) is 28.5 Å². The summed E-state index contributed by atoms with van der Waals surface area (Å²) in [6.07, 6.45) is 6.37. The number of aromatic nitrogens is 1. The summed E-state index contributed by atoms with van der Waals surface area (Å²) in [6.45, 7) is 3.47. The fourth-order valence-corrected chi connectivity index (χ4v) is 3.11. The van der Waals surface area contributed by atoms with Crippen LogP contribution in [0.2, 0.25) is 0 Å². The van der Waals surface area contributed by atoms with Crippen molar-refractivity contribution in [3.8, 4) is 0 Å². The van der Waals surface area contributed by atoms with E-state index in [-0.39, 0.29) is 17.7 Å². The van der Waals surface area contributed by atoms with Crippen LogP contribution in [0.5, 0.6) is 0 Å². The second-order valence-corrected chi connectivity index (χ2v) is 6.29. The van der Waals surface area contributed by atoms with Crippen molar-refractivity contribution in [2.45, 2.75) is 45.6 Å². The molecule has 2 N–H and O–H groups in total. The fraction of sp³-hybridized carbons (Fsp3) is 0.368. The predicted octanol–water partition coefficient (Wildman–Crippen LogP) is 3.59. The highest BCUT2D eigenvalue weighted by molar-refractivity contribution is 5.99. The van der Waals surface area contributed by atoms with Crippen molar-refractivity contribution in [1.82, 2.24) is 10.3 Å². The van der Waals surface area contributed by atoms with Gasteiger partial charge in [-0.2, -0.15) is 0 Å². The molecule has 1 heterocycles. The third-order valence-electron chi connectivity index (χ3n) is 4.55. The van der Waals surface area contributed by atoms with Crippen molar-refractivity contribution in [3.05, 3.63) is 58.4 Å². The smallest absolute Gasteiger partial charge is 0.268 e. The number of amides is 1. The van der Waals surface area contributed by atoms with Crippen molar-refractivity contribution in [1.29, 1.82) is 0 Å². The first-order valence-electron chi connectivity index (χ1n) is 8.16. The molecule has 0 aliphatic heterocycles. The summed E-state index contributed by atoms with van der Waals surface area (Å²) in [5.41, 5.74) is 4.91. The molecule has 4 heteroatoms. The van der Waals surface area contributed by atoms with Gasteiger partial charge in [0.15, 0.2) is 5.78 Å². The van der Waals surface area contributed by atoms with Crippen LogP contribution in [0, 0.1) is 0 Å². The molecule has 1 aromatic carbocycles. The molecule has 0 saturated heterocycles. The minimum Gasteiger partial charge on any atom is -0.356 e. The van der Waals surface area contributed by atoms with E-state index in [0.717, 1.165) is 18.4 Å². The monoisotopic (exact) mass is 310 g/mol. The number of aromatic amines is 1. The lowest BCUT2D eigenvalue weighted by Gasteiger charge is -2.20. The topological polar surface area (TPSA) is 62.0 Å². The number of fused-ring (bicyclic) bond motifs is 1. The van der Waals surface area contributed by atoms with Gasteiger partial charge < -0.3 is 10.3 Å². The number of Topliss-reactive ketones (excluding diaryl/α,β-unsaturated/α-hetero) is 1. The molecule has 1 amide bonds. The number of carbonyl (C=O) groups excluding carboxylic acids is 2. The standard InChI is InChI=1S/C19H22N2O2/c1-12(15-8-7-14-5-3-4-6-16(14)9-15)21-19(23)18-10-17(11-20-18)13(2)22/h7-12,20H,3-6H2,1-2H3,(H,21,23)/t12-/m0/s1. The van der Waals surface area contributed by atoms with Crippen LogP contribution >= 0.6 is 0 Å². The summed E-state index contributed by atoms with van der Waals surface area (Å²) in [5.74, 6) is -0.245. The van der Waals surface area contributed by atoms with E-state index >= 15 is 0 Å². The number of aryl methyl sites for hydroxylation is 2. The molecule has 0 saturated carbocycles. The van der Waals surface area contributed by atoms with Crippen molar-refractivity contribution >= 4 is 11.7 Å². The number of rotatable bonds is 4. The molecule has 3 rings (SSSR count). The lowest BCUT2D eigenvalue weighted by Crippen LogP contribution is -2.27. The number of benzene rings is 1. The van der Waals surface area contributed by atoms with Crippen LogP contribution in [-0.2, 0) is 12.8 Å². The molecule has 1 aliphatic rings. The molecule has 2 aromatic rings. The van der Waals surface area contributed by atoms with E-state index in [4.69, 9.17) is 0 Å². The van der Waals surface area contributed by atoms with Crippen LogP contribution in [0.3, 0.4) is 0 Å². The molecule has 1 atom stereocenters. The number of ketones is 1. The first kappa shape index (κ1) is 15.5. The number of hydrogen-bond donors (Lipinski definition) is 2. The van der Waals surface area contributed by atoms with Gasteiger partial charge in [0.1, 0.15) is 5.69 Å². The van der Waals surface area contributed by atoms with Crippen molar-refractivity contribution in [3.63, 3.8) is 0 Å². The first-order chi connectivity index (χ1) is 11.0. The van der Waals surface area contributed by atoms with Crippen LogP contribution < -0.4 is 5.32 Å². The Hall–Kier alpha value is -2.36. The minimum atomic E-state index is -0.192. The van der Waals surface area contributed by atoms with Gasteiger partial charge in [0.2, 0.25) is 0 Å². The number of H-pyrrole nitrogens is 1. The largest absolute Gasteiger partial charge is 0.356 e. The average molecular weight is 310 g/mol. The van der Waals surface area contributed by atoms with Crippen LogP contribution in [0.4, 0.5) is 0 Å². The third-order valence-corrected chi connectivity index (χ3v) is 4.55. The van der Waals surface area contributed by atoms with E-state index in [0.29, 0.717) is 11.3 Å². The normalized spacial score (nSPS) is 14.9. The summed E-state index contributed by atoms with van der Waals surface area (Å²) < 4.78 is 0. The quantitative estimate of drug-likeness (QED) is 0.848. The zero-order valence-electron chi connectivity index (χ0n) is 13.6. The molecule has 0 unspecified atom stereocenters. The number of nitrogens with one attached hydrogen (secondary N) is 2. The molecule has 1 aliphatic carbocycles. The summed E-state index contributed by atoms with van der Waals surface area (Å²) in [6, 6.07) is 8.03. The Kier molecular flexibility index (Phi) is 4.33. The highest BCUT2D eigenvalue weighted by Crippen LogP contribution is 2.24. The Bertz CT molecular complexity index is 746. The molecule has 0 spiro atoms. The molecule has 0 radical (unpaired) electrons. The van der Waals surface area contributed by atoms with Gasteiger partial charge in [-0.25, -0.2) is 0 Å². The Morgan fingerprint density at radius 3 is 2.57 bits per heavy atom. The number of hydrogen-bond acceptors (Lipinski definition) is 2. The lowest BCUT2D eigenvalue weighted by molar-refractivity contribution is 0.0935. The summed E-state index contributed by atoms with van der Waals surface area (Å²) >= 11 is 0. The van der Waals surface area contributed by atoms with Crippen LogP contribution in [0.25, 0.3) is 0 Å². The molecule has 120 valence electrons. The van der Waals surface area contributed by atoms with E-state index in [1.54, 1.807) is 12.3 Å². The summed E-state index contributed by atoms with van der Waals surface area (Å²) in [7, 11) is 0. The molecular formula is C19H22N2O2. The van der Waals surface area contributed by atoms with Gasteiger partial charge in [0.05, 0.1) is 6.04 Å². The van der Waals surface area contributed by atoms with E-state index in [9.17, 15) is 9.59 Å². The maximum atomic E-state index is 12.3. The van der Waals surface area contributed by atoms with E-state index in [1.165, 1.54) is 30.9 Å². The predicted molar refractivity (Wildman–Crippen MR) is 89.8 cm³/mol. The van der Waals surface area contributed by atoms with Gasteiger partial charge in [-0.3, -0.25) is 9.59 Å². The van der Waals surface area contributed by atoms with Gasteiger partial charge in [0.25, 0.3) is 5.91 Å². The molecule has 0 bridgehead atoms. The van der Waals surface area contributed by atoms with Crippen LogP contribution in [0.15, 0.2) is 30.5 Å². The molecule has 23 heavy (non-hydrogen) atoms.